The van der Waals surface area contributed by atoms with Crippen LogP contribution in [0.1, 0.15) is 11.1 Å². The number of aromatic amines is 1. The molecular weight excluding hydrogens is 315 g/mol. The van der Waals surface area contributed by atoms with Crippen molar-refractivity contribution >= 4 is 7.37 Å². The predicted molar refractivity (Wildman–Crippen MR) is 89.6 cm³/mol. The second kappa shape index (κ2) is 8.22. The van der Waals surface area contributed by atoms with E-state index in [4.69, 9.17) is 0 Å². The Labute approximate surface area is 134 Å². The molecule has 0 saturated carbocycles. The van der Waals surface area contributed by atoms with E-state index in [0.717, 1.165) is 11.1 Å². The molecule has 0 aliphatic heterocycles. The third-order valence-corrected chi connectivity index (χ3v) is 5.17. The lowest BCUT2D eigenvalue weighted by Crippen LogP contribution is -2.29. The smallest absolute Gasteiger partial charge is 0.248 e. The monoisotopic (exact) mass is 336 g/mol. The first-order valence-electron chi connectivity index (χ1n) is 7.36. The Hall–Kier alpha value is -1.72. The van der Waals surface area contributed by atoms with Crippen molar-refractivity contribution in [3.8, 4) is 0 Å². The molecule has 0 saturated heterocycles. The fourth-order valence-corrected chi connectivity index (χ4v) is 4.01. The minimum Gasteiger partial charge on any atom is -0.391 e. The summed E-state index contributed by atoms with van der Waals surface area (Å²) in [5, 5.41) is 12.9. The van der Waals surface area contributed by atoms with Crippen LogP contribution in [0.25, 0.3) is 0 Å². The molecule has 0 aliphatic rings. The van der Waals surface area contributed by atoms with Crippen LogP contribution in [-0.4, -0.2) is 33.8 Å². The van der Waals surface area contributed by atoms with E-state index in [1.165, 1.54) is 6.07 Å². The fourth-order valence-electron chi connectivity index (χ4n) is 2.31. The molecule has 0 aliphatic carbocycles. The predicted octanol–water partition coefficient (Wildman–Crippen LogP) is 1.30. The minimum absolute atomic E-state index is 0.0545. The molecule has 6 nitrogen and oxygen atoms in total. The van der Waals surface area contributed by atoms with Crippen LogP contribution < -0.4 is 10.9 Å². The molecular formula is C16H21N2O4P. The number of aromatic nitrogens is 1. The van der Waals surface area contributed by atoms with Gasteiger partial charge in [0, 0.05) is 31.5 Å². The van der Waals surface area contributed by atoms with E-state index in [2.05, 4.69) is 10.3 Å². The average molecular weight is 336 g/mol. The van der Waals surface area contributed by atoms with Gasteiger partial charge in [-0.25, -0.2) is 0 Å². The van der Waals surface area contributed by atoms with Crippen LogP contribution in [-0.2, 0) is 17.3 Å². The Morgan fingerprint density at radius 1 is 1.17 bits per heavy atom. The maximum absolute atomic E-state index is 12.2. The highest BCUT2D eigenvalue weighted by molar-refractivity contribution is 7.57. The van der Waals surface area contributed by atoms with Crippen molar-refractivity contribution in [2.75, 3.05) is 12.7 Å². The number of hydrogen-bond acceptors (Lipinski definition) is 4. The largest absolute Gasteiger partial charge is 0.391 e. The summed E-state index contributed by atoms with van der Waals surface area (Å²) >= 11 is 0. The van der Waals surface area contributed by atoms with E-state index in [-0.39, 0.29) is 24.4 Å². The molecule has 1 aromatic heterocycles. The first-order valence-corrected chi connectivity index (χ1v) is 9.39. The van der Waals surface area contributed by atoms with E-state index < -0.39 is 13.5 Å². The first kappa shape index (κ1) is 17.6. The lowest BCUT2D eigenvalue weighted by molar-refractivity contribution is 0.190. The SMILES string of the molecule is O=c1cc(CNC[C@H](O)CP(=O)(O)Cc2ccccc2)cc[nH]1. The van der Waals surface area contributed by atoms with Crippen LogP contribution in [0, 0.1) is 0 Å². The van der Waals surface area contributed by atoms with Gasteiger partial charge >= 0.3 is 0 Å². The Morgan fingerprint density at radius 2 is 1.91 bits per heavy atom. The summed E-state index contributed by atoms with van der Waals surface area (Å²) in [6, 6.07) is 12.3. The van der Waals surface area contributed by atoms with Gasteiger partial charge in [-0.3, -0.25) is 9.36 Å². The molecule has 0 radical (unpaired) electrons. The van der Waals surface area contributed by atoms with Crippen molar-refractivity contribution in [2.45, 2.75) is 18.8 Å². The summed E-state index contributed by atoms with van der Waals surface area (Å²) in [5.41, 5.74) is 1.38. The Morgan fingerprint density at radius 3 is 2.61 bits per heavy atom. The van der Waals surface area contributed by atoms with Gasteiger partial charge in [-0.2, -0.15) is 0 Å². The topological polar surface area (TPSA) is 102 Å². The van der Waals surface area contributed by atoms with Crippen LogP contribution in [0.2, 0.25) is 0 Å². The molecule has 7 heteroatoms. The van der Waals surface area contributed by atoms with Crippen molar-refractivity contribution in [2.24, 2.45) is 0 Å². The number of rotatable bonds is 8. The van der Waals surface area contributed by atoms with Crippen LogP contribution >= 0.6 is 7.37 Å². The molecule has 0 spiro atoms. The molecule has 1 unspecified atom stereocenters. The van der Waals surface area contributed by atoms with Gasteiger partial charge in [-0.1, -0.05) is 30.3 Å². The second-order valence-corrected chi connectivity index (χ2v) is 7.89. The minimum atomic E-state index is -3.44. The summed E-state index contributed by atoms with van der Waals surface area (Å²) in [7, 11) is -3.44. The highest BCUT2D eigenvalue weighted by atomic mass is 31.2. The maximum atomic E-state index is 12.2. The van der Waals surface area contributed by atoms with Crippen molar-refractivity contribution in [1.82, 2.24) is 10.3 Å². The Balaban J connectivity index is 1.78. The van der Waals surface area contributed by atoms with Crippen molar-refractivity contribution in [3.05, 3.63) is 70.1 Å². The van der Waals surface area contributed by atoms with Gasteiger partial charge in [0.2, 0.25) is 12.9 Å². The molecule has 0 amide bonds. The number of aliphatic hydroxyl groups is 1. The molecule has 2 atom stereocenters. The molecule has 1 heterocycles. The summed E-state index contributed by atoms with van der Waals surface area (Å²) in [6.07, 6.45) is 0.525. The second-order valence-electron chi connectivity index (χ2n) is 5.52. The van der Waals surface area contributed by atoms with E-state index in [1.807, 2.05) is 18.2 Å². The van der Waals surface area contributed by atoms with Gasteiger partial charge in [-0.15, -0.1) is 0 Å². The van der Waals surface area contributed by atoms with E-state index in [0.29, 0.717) is 6.54 Å². The van der Waals surface area contributed by atoms with Crippen LogP contribution in [0.4, 0.5) is 0 Å². The molecule has 0 fully saturated rings. The number of aliphatic hydroxyl groups excluding tert-OH is 1. The zero-order chi connectivity index (χ0) is 16.7. The van der Waals surface area contributed by atoms with Crippen LogP contribution in [0.15, 0.2) is 53.5 Å². The third kappa shape index (κ3) is 6.50. The molecule has 0 bridgehead atoms. The number of nitrogens with one attached hydrogen (secondary N) is 2. The zero-order valence-electron chi connectivity index (χ0n) is 12.7. The lowest BCUT2D eigenvalue weighted by atomic mass is 10.2. The van der Waals surface area contributed by atoms with Crippen molar-refractivity contribution in [1.29, 1.82) is 0 Å². The summed E-state index contributed by atoms with van der Waals surface area (Å²) < 4.78 is 12.2. The van der Waals surface area contributed by atoms with Crippen molar-refractivity contribution < 1.29 is 14.6 Å². The van der Waals surface area contributed by atoms with Crippen molar-refractivity contribution in [3.63, 3.8) is 0 Å². The lowest BCUT2D eigenvalue weighted by Gasteiger charge is -2.17. The Kier molecular flexibility index (Phi) is 6.30. The fraction of sp³-hybridized carbons (Fsp3) is 0.312. The molecule has 23 heavy (non-hydrogen) atoms. The summed E-state index contributed by atoms with van der Waals surface area (Å²) in [5.74, 6) is 0. The van der Waals surface area contributed by atoms with Gasteiger partial charge in [-0.05, 0) is 17.2 Å². The number of pyridine rings is 1. The number of hydrogen-bond donors (Lipinski definition) is 4. The van der Waals surface area contributed by atoms with Gasteiger partial charge < -0.3 is 20.3 Å². The van der Waals surface area contributed by atoms with Gasteiger partial charge in [0.05, 0.1) is 12.3 Å². The molecule has 4 N–H and O–H groups in total. The van der Waals surface area contributed by atoms with Gasteiger partial charge in [0.25, 0.3) is 0 Å². The van der Waals surface area contributed by atoms with Crippen LogP contribution in [0.5, 0.6) is 0 Å². The standard InChI is InChI=1S/C16H21N2O4P/c19-15(10-17-9-14-6-7-18-16(20)8-14)12-23(21,22)11-13-4-2-1-3-5-13/h1-8,15,17,19H,9-12H2,(H,18,20)(H,21,22)/t15-/m0/s1. The average Bonchev–Trinajstić information content (AvgIpc) is 2.47. The number of H-pyrrole nitrogens is 1. The van der Waals surface area contributed by atoms with Gasteiger partial charge in [0.15, 0.2) is 0 Å². The first-order chi connectivity index (χ1) is 10.9. The third-order valence-electron chi connectivity index (χ3n) is 3.32. The Bertz CT molecular complexity index is 717. The molecule has 1 aromatic carbocycles. The van der Waals surface area contributed by atoms with E-state index in [1.54, 1.807) is 24.4 Å². The zero-order valence-corrected chi connectivity index (χ0v) is 13.6. The van der Waals surface area contributed by atoms with E-state index >= 15 is 0 Å². The molecule has 2 rings (SSSR count). The molecule has 124 valence electrons. The van der Waals surface area contributed by atoms with E-state index in [9.17, 15) is 19.4 Å². The maximum Gasteiger partial charge on any atom is 0.248 e. The van der Waals surface area contributed by atoms with Crippen LogP contribution in [0.3, 0.4) is 0 Å². The highest BCUT2D eigenvalue weighted by Gasteiger charge is 2.23. The highest BCUT2D eigenvalue weighted by Crippen LogP contribution is 2.44. The molecule has 2 aromatic rings. The summed E-state index contributed by atoms with van der Waals surface area (Å²) in [6.45, 7) is 0.599. The summed E-state index contributed by atoms with van der Waals surface area (Å²) in [4.78, 5) is 23.7. The quantitative estimate of drug-likeness (QED) is 0.544. The van der Waals surface area contributed by atoms with Gasteiger partial charge in [0.1, 0.15) is 0 Å². The number of benzene rings is 1. The normalized spacial score (nSPS) is 15.0.